The zero-order valence-corrected chi connectivity index (χ0v) is 31.4. The molecule has 268 valence electrons. The van der Waals surface area contributed by atoms with Crippen LogP contribution in [0.25, 0.3) is 77.4 Å². The van der Waals surface area contributed by atoms with Crippen molar-refractivity contribution < 1.29 is 0 Å². The number of hydrogen-bond acceptors (Lipinski definition) is 1. The zero-order chi connectivity index (χ0) is 37.7. The van der Waals surface area contributed by atoms with E-state index in [9.17, 15) is 0 Å². The van der Waals surface area contributed by atoms with E-state index in [4.69, 9.17) is 0 Å². The van der Waals surface area contributed by atoms with E-state index in [1.165, 1.54) is 83.2 Å². The van der Waals surface area contributed by atoms with Gasteiger partial charge in [-0.05, 0) is 80.4 Å². The molecule has 1 heterocycles. The molecule has 0 spiro atoms. The van der Waals surface area contributed by atoms with Crippen molar-refractivity contribution in [1.29, 1.82) is 0 Å². The highest BCUT2D eigenvalue weighted by Crippen LogP contribution is 2.56. The number of fused-ring (bicyclic) bond motifs is 6. The number of nitrogens with zero attached hydrogens (tertiary/aromatic N) is 1. The van der Waals surface area contributed by atoms with Crippen LogP contribution in [0.15, 0.2) is 212 Å². The molecule has 2 heteroatoms. The van der Waals surface area contributed by atoms with Gasteiger partial charge in [0.2, 0.25) is 0 Å². The van der Waals surface area contributed by atoms with Crippen LogP contribution in [0, 0.1) is 0 Å². The third kappa shape index (κ3) is 5.49. The highest BCUT2D eigenvalue weighted by molar-refractivity contribution is 6.15. The summed E-state index contributed by atoms with van der Waals surface area (Å²) in [6.07, 6.45) is 0.838. The fourth-order valence-electron chi connectivity index (χ4n) is 9.16. The van der Waals surface area contributed by atoms with Crippen LogP contribution in [-0.4, -0.2) is 4.98 Å². The molecule has 57 heavy (non-hydrogen) atoms. The van der Waals surface area contributed by atoms with Crippen molar-refractivity contribution in [3.63, 3.8) is 0 Å². The summed E-state index contributed by atoms with van der Waals surface area (Å²) in [7, 11) is 0. The first-order chi connectivity index (χ1) is 28.3. The molecule has 0 saturated carbocycles. The fourth-order valence-corrected chi connectivity index (χ4v) is 9.16. The van der Waals surface area contributed by atoms with Crippen molar-refractivity contribution in [2.75, 3.05) is 4.90 Å². The van der Waals surface area contributed by atoms with E-state index in [1.807, 2.05) is 0 Å². The van der Waals surface area contributed by atoms with Crippen molar-refractivity contribution in [2.24, 2.45) is 0 Å². The lowest BCUT2D eigenvalue weighted by Crippen LogP contribution is -2.15. The highest BCUT2D eigenvalue weighted by Gasteiger charge is 2.32. The molecule has 0 amide bonds. The number of anilines is 3. The summed E-state index contributed by atoms with van der Waals surface area (Å²) in [4.78, 5) is 6.44. The fraction of sp³-hybridized carbons (Fsp3) is 0.0182. The Balaban J connectivity index is 1.32. The van der Waals surface area contributed by atoms with Crippen LogP contribution < -0.4 is 4.90 Å². The average Bonchev–Trinajstić information content (AvgIpc) is 3.86. The molecule has 0 atom stereocenters. The summed E-state index contributed by atoms with van der Waals surface area (Å²) in [5.41, 5.74) is 20.5. The van der Waals surface area contributed by atoms with Crippen molar-refractivity contribution >= 4 is 38.9 Å². The normalized spacial score (nSPS) is 11.8. The summed E-state index contributed by atoms with van der Waals surface area (Å²) in [6, 6.07) is 77.4. The van der Waals surface area contributed by atoms with E-state index in [-0.39, 0.29) is 0 Å². The Morgan fingerprint density at radius 1 is 0.386 bits per heavy atom. The lowest BCUT2D eigenvalue weighted by Gasteiger charge is -2.34. The van der Waals surface area contributed by atoms with Gasteiger partial charge >= 0.3 is 0 Å². The van der Waals surface area contributed by atoms with E-state index in [1.54, 1.807) is 0 Å². The predicted molar refractivity (Wildman–Crippen MR) is 240 cm³/mol. The molecule has 0 bridgehead atoms. The third-order valence-electron chi connectivity index (χ3n) is 11.6. The first-order valence-corrected chi connectivity index (χ1v) is 19.7. The van der Waals surface area contributed by atoms with Gasteiger partial charge in [0.05, 0.1) is 16.9 Å². The molecule has 1 aromatic heterocycles. The monoisotopic (exact) mass is 726 g/mol. The number of benzene rings is 9. The molecular weight excluding hydrogens is 689 g/mol. The highest BCUT2D eigenvalue weighted by atomic mass is 15.2. The first kappa shape index (κ1) is 33.0. The van der Waals surface area contributed by atoms with Crippen LogP contribution in [0.3, 0.4) is 0 Å². The molecule has 0 aliphatic heterocycles. The Labute approximate surface area is 333 Å². The minimum atomic E-state index is 0.838. The van der Waals surface area contributed by atoms with Gasteiger partial charge in [0.25, 0.3) is 0 Å². The number of nitrogens with one attached hydrogen (secondary N) is 1. The molecule has 2 nitrogen and oxygen atoms in total. The number of H-pyrrole nitrogens is 1. The van der Waals surface area contributed by atoms with E-state index in [2.05, 4.69) is 222 Å². The molecule has 1 aliphatic carbocycles. The van der Waals surface area contributed by atoms with E-state index < -0.39 is 0 Å². The van der Waals surface area contributed by atoms with E-state index in [0.29, 0.717) is 0 Å². The van der Waals surface area contributed by atoms with Gasteiger partial charge in [-0.15, -0.1) is 0 Å². The van der Waals surface area contributed by atoms with Crippen LogP contribution in [0.4, 0.5) is 17.1 Å². The average molecular weight is 727 g/mol. The summed E-state index contributed by atoms with van der Waals surface area (Å²) < 4.78 is 0. The lowest BCUT2D eigenvalue weighted by molar-refractivity contribution is 1.20. The minimum Gasteiger partial charge on any atom is -0.354 e. The second-order valence-corrected chi connectivity index (χ2v) is 14.9. The van der Waals surface area contributed by atoms with Crippen LogP contribution >= 0.6 is 0 Å². The molecule has 0 radical (unpaired) electrons. The molecule has 1 N–H and O–H groups in total. The van der Waals surface area contributed by atoms with E-state index >= 15 is 0 Å². The first-order valence-electron chi connectivity index (χ1n) is 19.7. The summed E-state index contributed by atoms with van der Waals surface area (Å²) in [5, 5.41) is 2.45. The van der Waals surface area contributed by atoms with Gasteiger partial charge in [0.1, 0.15) is 0 Å². The van der Waals surface area contributed by atoms with Gasteiger partial charge in [-0.2, -0.15) is 0 Å². The molecule has 11 rings (SSSR count). The number of aromatic amines is 1. The zero-order valence-electron chi connectivity index (χ0n) is 31.4. The van der Waals surface area contributed by atoms with Gasteiger partial charge in [-0.1, -0.05) is 182 Å². The maximum absolute atomic E-state index is 3.87. The molecule has 0 fully saturated rings. The van der Waals surface area contributed by atoms with Crippen molar-refractivity contribution in [1.82, 2.24) is 4.98 Å². The second-order valence-electron chi connectivity index (χ2n) is 14.9. The number of rotatable bonds is 7. The number of aromatic nitrogens is 1. The Morgan fingerprint density at radius 2 is 0.947 bits per heavy atom. The molecule has 0 unspecified atom stereocenters. The van der Waals surface area contributed by atoms with E-state index in [0.717, 1.165) is 28.8 Å². The summed E-state index contributed by atoms with van der Waals surface area (Å²) >= 11 is 0. The third-order valence-corrected chi connectivity index (χ3v) is 11.6. The standard InChI is InChI=1S/C55H38N2/c1-5-19-37(20-6-1)43-30-18-34-51(53(43)46-32-17-31-45-44-29-15-16-33-50(44)56-54(45)46)57(41-26-11-4-12-27-41)55-49-35-40-25-13-14-28-42(40)48(49)36-47(38-21-7-2-8-22-38)52(55)39-23-9-3-10-24-39/h1-34,36,56H,35H2. The maximum Gasteiger partial charge on any atom is 0.0588 e. The van der Waals surface area contributed by atoms with Crippen LogP contribution in [0.1, 0.15) is 11.1 Å². The second kappa shape index (κ2) is 13.7. The van der Waals surface area contributed by atoms with Gasteiger partial charge in [-0.25, -0.2) is 0 Å². The lowest BCUT2D eigenvalue weighted by atomic mass is 9.86. The minimum absolute atomic E-state index is 0.838. The van der Waals surface area contributed by atoms with Gasteiger partial charge in [0, 0.05) is 45.1 Å². The SMILES string of the molecule is c1ccc(-c2cccc(N(c3ccccc3)c3c4c(cc(-c5ccccc5)c3-c3ccccc3)-c3ccccc3C4)c2-c2cccc3c2[nH]c2ccccc23)cc1. The quantitative estimate of drug-likeness (QED) is 0.173. The van der Waals surface area contributed by atoms with Gasteiger partial charge < -0.3 is 9.88 Å². The van der Waals surface area contributed by atoms with Crippen LogP contribution in [0.5, 0.6) is 0 Å². The van der Waals surface area contributed by atoms with Crippen molar-refractivity contribution in [3.8, 4) is 55.6 Å². The summed E-state index contributed by atoms with van der Waals surface area (Å²) in [5.74, 6) is 0. The van der Waals surface area contributed by atoms with Gasteiger partial charge in [0.15, 0.2) is 0 Å². The Hall–Kier alpha value is -7.42. The number of hydrogen-bond donors (Lipinski definition) is 1. The molecule has 9 aromatic carbocycles. The van der Waals surface area contributed by atoms with Crippen LogP contribution in [0.2, 0.25) is 0 Å². The predicted octanol–water partition coefficient (Wildman–Crippen LogP) is 15.0. The Kier molecular flexibility index (Phi) is 7.93. The summed E-state index contributed by atoms with van der Waals surface area (Å²) in [6.45, 7) is 0. The Bertz CT molecular complexity index is 3070. The maximum atomic E-state index is 3.87. The molecular formula is C55H38N2. The largest absolute Gasteiger partial charge is 0.354 e. The smallest absolute Gasteiger partial charge is 0.0588 e. The molecule has 1 aliphatic rings. The topological polar surface area (TPSA) is 19.0 Å². The number of para-hydroxylation sites is 3. The van der Waals surface area contributed by atoms with Crippen molar-refractivity contribution in [3.05, 3.63) is 223 Å². The van der Waals surface area contributed by atoms with Gasteiger partial charge in [-0.3, -0.25) is 0 Å². The van der Waals surface area contributed by atoms with Crippen LogP contribution in [-0.2, 0) is 6.42 Å². The molecule has 0 saturated heterocycles. The molecule has 10 aromatic rings. The van der Waals surface area contributed by atoms with Crippen molar-refractivity contribution in [2.45, 2.75) is 6.42 Å². The Morgan fingerprint density at radius 3 is 1.70 bits per heavy atom.